The minimum absolute atomic E-state index is 0.117. The summed E-state index contributed by atoms with van der Waals surface area (Å²) < 4.78 is 11.9. The molecular formula is C30H28N4O3. The number of benzene rings is 3. The Bertz CT molecular complexity index is 1400. The zero-order valence-electron chi connectivity index (χ0n) is 21.0. The van der Waals surface area contributed by atoms with E-state index in [9.17, 15) is 4.79 Å². The molecule has 0 saturated heterocycles. The SMILES string of the molecule is CC(C)(C)c1ccccc1Oc1ncccc1NC(=O)Nc1ccc(OCc2ccc(C#N)cc2)cc1. The number of carbonyl (C=O) groups is 1. The summed E-state index contributed by atoms with van der Waals surface area (Å²) in [6.45, 7) is 6.72. The lowest BCUT2D eigenvalue weighted by Crippen LogP contribution is -2.20. The van der Waals surface area contributed by atoms with Crippen molar-refractivity contribution in [2.75, 3.05) is 10.6 Å². The molecule has 0 aliphatic heterocycles. The predicted octanol–water partition coefficient (Wildman–Crippen LogP) is 7.27. The number of amides is 2. The van der Waals surface area contributed by atoms with E-state index in [1.54, 1.807) is 54.7 Å². The first-order valence-corrected chi connectivity index (χ1v) is 11.8. The van der Waals surface area contributed by atoms with Crippen molar-refractivity contribution in [2.45, 2.75) is 32.8 Å². The Labute approximate surface area is 216 Å². The molecule has 0 saturated carbocycles. The van der Waals surface area contributed by atoms with Gasteiger partial charge in [-0.1, -0.05) is 51.1 Å². The molecule has 0 atom stereocenters. The number of anilines is 2. The number of nitriles is 1. The summed E-state index contributed by atoms with van der Waals surface area (Å²) in [4.78, 5) is 17.0. The van der Waals surface area contributed by atoms with Crippen LogP contribution in [0.4, 0.5) is 16.2 Å². The van der Waals surface area contributed by atoms with Crippen LogP contribution < -0.4 is 20.1 Å². The van der Waals surface area contributed by atoms with Crippen LogP contribution in [0.25, 0.3) is 0 Å². The quantitative estimate of drug-likeness (QED) is 0.283. The van der Waals surface area contributed by atoms with Crippen LogP contribution in [-0.2, 0) is 12.0 Å². The first-order chi connectivity index (χ1) is 17.8. The predicted molar refractivity (Wildman–Crippen MR) is 144 cm³/mol. The maximum atomic E-state index is 12.7. The zero-order chi connectivity index (χ0) is 26.3. The van der Waals surface area contributed by atoms with Crippen molar-refractivity contribution < 1.29 is 14.3 Å². The standard InChI is InChI=1S/C30H28N4O3/c1-30(2,3)25-7-4-5-9-27(25)37-28-26(8-6-18-32-28)34-29(35)33-23-14-16-24(17-15-23)36-20-22-12-10-21(19-31)11-13-22/h4-18H,20H2,1-3H3,(H2,33,34,35). The summed E-state index contributed by atoms with van der Waals surface area (Å²) in [5.41, 5.74) is 3.54. The number of aromatic nitrogens is 1. The molecule has 37 heavy (non-hydrogen) atoms. The van der Waals surface area contributed by atoms with Crippen LogP contribution in [0.15, 0.2) is 91.1 Å². The number of nitrogens with one attached hydrogen (secondary N) is 2. The monoisotopic (exact) mass is 492 g/mol. The van der Waals surface area contributed by atoms with E-state index in [1.807, 2.05) is 36.4 Å². The highest BCUT2D eigenvalue weighted by Crippen LogP contribution is 2.35. The van der Waals surface area contributed by atoms with E-state index in [0.717, 1.165) is 11.1 Å². The van der Waals surface area contributed by atoms with Gasteiger partial charge in [0.1, 0.15) is 23.8 Å². The van der Waals surface area contributed by atoms with Gasteiger partial charge in [-0.2, -0.15) is 5.26 Å². The Hall–Kier alpha value is -4.83. The van der Waals surface area contributed by atoms with Gasteiger partial charge in [0.2, 0.25) is 5.88 Å². The third-order valence-corrected chi connectivity index (χ3v) is 5.52. The number of rotatable bonds is 7. The fourth-order valence-electron chi connectivity index (χ4n) is 3.61. The van der Waals surface area contributed by atoms with Crippen LogP contribution in [0.5, 0.6) is 17.4 Å². The topological polar surface area (TPSA) is 96.3 Å². The fraction of sp³-hybridized carbons (Fsp3) is 0.167. The number of carbonyl (C=O) groups excluding carboxylic acids is 1. The molecule has 0 bridgehead atoms. The first-order valence-electron chi connectivity index (χ1n) is 11.8. The van der Waals surface area contributed by atoms with Crippen molar-refractivity contribution in [3.63, 3.8) is 0 Å². The molecule has 0 aliphatic carbocycles. The Kier molecular flexibility index (Phi) is 7.70. The summed E-state index contributed by atoms with van der Waals surface area (Å²) in [5.74, 6) is 1.66. The molecule has 0 spiro atoms. The highest BCUT2D eigenvalue weighted by molar-refractivity contribution is 6.00. The molecule has 0 radical (unpaired) electrons. The number of hydrogen-bond donors (Lipinski definition) is 2. The molecule has 1 heterocycles. The molecular weight excluding hydrogens is 464 g/mol. The van der Waals surface area contributed by atoms with Crippen molar-refractivity contribution in [1.82, 2.24) is 4.98 Å². The summed E-state index contributed by atoms with van der Waals surface area (Å²) >= 11 is 0. The van der Waals surface area contributed by atoms with Crippen molar-refractivity contribution in [2.24, 2.45) is 0 Å². The van der Waals surface area contributed by atoms with E-state index in [-0.39, 0.29) is 5.41 Å². The van der Waals surface area contributed by atoms with Crippen molar-refractivity contribution in [1.29, 1.82) is 5.26 Å². The van der Waals surface area contributed by atoms with Crippen molar-refractivity contribution >= 4 is 17.4 Å². The summed E-state index contributed by atoms with van der Waals surface area (Å²) in [6.07, 6.45) is 1.62. The maximum absolute atomic E-state index is 12.7. The Balaban J connectivity index is 1.37. The van der Waals surface area contributed by atoms with E-state index in [4.69, 9.17) is 14.7 Å². The molecule has 2 N–H and O–H groups in total. The smallest absolute Gasteiger partial charge is 0.323 e. The molecule has 0 fully saturated rings. The van der Waals surface area contributed by atoms with Crippen molar-refractivity contribution in [3.8, 4) is 23.4 Å². The van der Waals surface area contributed by atoms with Crippen LogP contribution in [0.2, 0.25) is 0 Å². The van der Waals surface area contributed by atoms with E-state index in [1.165, 1.54) is 0 Å². The number of pyridine rings is 1. The second-order valence-corrected chi connectivity index (χ2v) is 9.41. The number of urea groups is 1. The number of nitrogens with zero attached hydrogens (tertiary/aromatic N) is 2. The van der Waals surface area contributed by atoms with Gasteiger partial charge in [0.05, 0.1) is 11.6 Å². The number of para-hydroxylation sites is 1. The second-order valence-electron chi connectivity index (χ2n) is 9.41. The van der Waals surface area contributed by atoms with Gasteiger partial charge in [-0.25, -0.2) is 9.78 Å². The molecule has 0 unspecified atom stereocenters. The van der Waals surface area contributed by atoms with E-state index in [2.05, 4.69) is 42.5 Å². The molecule has 4 rings (SSSR count). The Morgan fingerprint density at radius 3 is 2.35 bits per heavy atom. The average Bonchev–Trinajstić information content (AvgIpc) is 2.89. The van der Waals surface area contributed by atoms with Crippen LogP contribution in [0.1, 0.15) is 37.5 Å². The summed E-state index contributed by atoms with van der Waals surface area (Å²) in [6, 6.07) is 27.2. The lowest BCUT2D eigenvalue weighted by Gasteiger charge is -2.22. The summed E-state index contributed by atoms with van der Waals surface area (Å²) in [7, 11) is 0. The Morgan fingerprint density at radius 1 is 0.919 bits per heavy atom. The number of hydrogen-bond acceptors (Lipinski definition) is 5. The van der Waals surface area contributed by atoms with Gasteiger partial charge in [0.25, 0.3) is 0 Å². The minimum Gasteiger partial charge on any atom is -0.489 e. The third-order valence-electron chi connectivity index (χ3n) is 5.52. The molecule has 1 aromatic heterocycles. The van der Waals surface area contributed by atoms with Crippen LogP contribution in [-0.4, -0.2) is 11.0 Å². The van der Waals surface area contributed by atoms with Gasteiger partial charge in [-0.3, -0.25) is 0 Å². The van der Waals surface area contributed by atoms with E-state index >= 15 is 0 Å². The number of ether oxygens (including phenoxy) is 2. The van der Waals surface area contributed by atoms with Gasteiger partial charge in [0.15, 0.2) is 0 Å². The molecule has 4 aromatic rings. The van der Waals surface area contributed by atoms with Gasteiger partial charge >= 0.3 is 6.03 Å². The molecule has 3 aromatic carbocycles. The van der Waals surface area contributed by atoms with Crippen LogP contribution in [0, 0.1) is 11.3 Å². The van der Waals surface area contributed by atoms with Crippen molar-refractivity contribution in [3.05, 3.63) is 108 Å². The fourth-order valence-corrected chi connectivity index (χ4v) is 3.61. The van der Waals surface area contributed by atoms with Gasteiger partial charge in [-0.15, -0.1) is 0 Å². The van der Waals surface area contributed by atoms with Crippen LogP contribution >= 0.6 is 0 Å². The average molecular weight is 493 g/mol. The third kappa shape index (κ3) is 6.86. The van der Waals surface area contributed by atoms with E-state index < -0.39 is 6.03 Å². The normalized spacial score (nSPS) is 10.8. The molecule has 0 aliphatic rings. The van der Waals surface area contributed by atoms with Crippen LogP contribution in [0.3, 0.4) is 0 Å². The lowest BCUT2D eigenvalue weighted by atomic mass is 9.86. The first kappa shape index (κ1) is 25.3. The lowest BCUT2D eigenvalue weighted by molar-refractivity contribution is 0.262. The highest BCUT2D eigenvalue weighted by Gasteiger charge is 2.20. The van der Waals surface area contributed by atoms with Gasteiger partial charge in [-0.05, 0) is 65.6 Å². The zero-order valence-corrected chi connectivity index (χ0v) is 21.0. The Morgan fingerprint density at radius 2 is 1.65 bits per heavy atom. The molecule has 7 heteroatoms. The largest absolute Gasteiger partial charge is 0.489 e. The van der Waals surface area contributed by atoms with E-state index in [0.29, 0.717) is 40.9 Å². The molecule has 186 valence electrons. The van der Waals surface area contributed by atoms with Gasteiger partial charge in [0, 0.05) is 17.4 Å². The minimum atomic E-state index is -0.423. The maximum Gasteiger partial charge on any atom is 0.323 e. The second kappa shape index (κ2) is 11.3. The highest BCUT2D eigenvalue weighted by atomic mass is 16.5. The summed E-state index contributed by atoms with van der Waals surface area (Å²) in [5, 5.41) is 14.5. The molecule has 2 amide bonds. The molecule has 7 nitrogen and oxygen atoms in total. The van der Waals surface area contributed by atoms with Gasteiger partial charge < -0.3 is 20.1 Å².